The molecule has 0 saturated heterocycles. The molecule has 0 fully saturated rings. The molecular weight excluding hydrogens is 448 g/mol. The van der Waals surface area contributed by atoms with Gasteiger partial charge in [-0.05, 0) is 86.2 Å². The molecule has 1 amide bonds. The lowest BCUT2D eigenvalue weighted by atomic mass is 9.99. The Balaban J connectivity index is 1.79. The first kappa shape index (κ1) is 22.5. The molecule has 0 saturated carbocycles. The third-order valence-electron chi connectivity index (χ3n) is 5.19. The lowest BCUT2D eigenvalue weighted by Crippen LogP contribution is -2.13. The number of rotatable bonds is 5. The fraction of sp³-hybridized carbons (Fsp3) is 0.185. The Labute approximate surface area is 192 Å². The Morgan fingerprint density at radius 1 is 0.968 bits per heavy atom. The maximum absolute atomic E-state index is 12.6. The van der Waals surface area contributed by atoms with Gasteiger partial charge in [-0.25, -0.2) is 0 Å². The van der Waals surface area contributed by atoms with Crippen LogP contribution in [0.1, 0.15) is 38.9 Å². The average molecular weight is 473 g/mol. The van der Waals surface area contributed by atoms with E-state index >= 15 is 0 Å². The zero-order valence-corrected chi connectivity index (χ0v) is 19.8. The number of nitriles is 1. The van der Waals surface area contributed by atoms with E-state index in [-0.39, 0.29) is 5.57 Å². The van der Waals surface area contributed by atoms with Crippen molar-refractivity contribution in [2.45, 2.75) is 34.1 Å². The van der Waals surface area contributed by atoms with Crippen molar-refractivity contribution in [2.24, 2.45) is 0 Å². The molecule has 156 valence electrons. The minimum Gasteiger partial charge on any atom is -0.321 e. The van der Waals surface area contributed by atoms with Crippen LogP contribution < -0.4 is 5.32 Å². The lowest BCUT2D eigenvalue weighted by Gasteiger charge is -2.09. The second-order valence-corrected chi connectivity index (χ2v) is 8.80. The smallest absolute Gasteiger partial charge is 0.266 e. The van der Waals surface area contributed by atoms with Crippen LogP contribution in [0.15, 0.2) is 64.6 Å². The monoisotopic (exact) mass is 472 g/mol. The summed E-state index contributed by atoms with van der Waals surface area (Å²) in [7, 11) is 0. The number of hydrogen-bond donors (Lipinski definition) is 1. The van der Waals surface area contributed by atoms with Gasteiger partial charge in [-0.15, -0.1) is 0 Å². The molecular formula is C27H25BrN2O. The molecule has 0 aliphatic heterocycles. The minimum absolute atomic E-state index is 0.0622. The molecule has 0 atom stereocenters. The summed E-state index contributed by atoms with van der Waals surface area (Å²) in [6.07, 6.45) is 2.42. The van der Waals surface area contributed by atoms with Crippen LogP contribution in [0.3, 0.4) is 0 Å². The third kappa shape index (κ3) is 5.93. The summed E-state index contributed by atoms with van der Waals surface area (Å²) in [5.41, 5.74) is 8.68. The van der Waals surface area contributed by atoms with E-state index in [0.717, 1.165) is 33.1 Å². The van der Waals surface area contributed by atoms with Crippen molar-refractivity contribution < 1.29 is 4.79 Å². The molecule has 3 rings (SSSR count). The molecule has 3 nitrogen and oxygen atoms in total. The molecule has 0 aromatic heterocycles. The molecule has 0 heterocycles. The summed E-state index contributed by atoms with van der Waals surface area (Å²) in [5.74, 6) is -0.416. The zero-order valence-electron chi connectivity index (χ0n) is 18.2. The summed E-state index contributed by atoms with van der Waals surface area (Å²) in [6.45, 7) is 8.21. The topological polar surface area (TPSA) is 52.9 Å². The van der Waals surface area contributed by atoms with E-state index < -0.39 is 5.91 Å². The highest BCUT2D eigenvalue weighted by Gasteiger charge is 2.11. The van der Waals surface area contributed by atoms with Gasteiger partial charge in [-0.2, -0.15) is 5.26 Å². The average Bonchev–Trinajstić information content (AvgIpc) is 2.70. The van der Waals surface area contributed by atoms with Gasteiger partial charge in [0.05, 0.1) is 0 Å². The Morgan fingerprint density at radius 2 is 1.68 bits per heavy atom. The van der Waals surface area contributed by atoms with Crippen LogP contribution in [0, 0.1) is 39.0 Å². The van der Waals surface area contributed by atoms with E-state index in [4.69, 9.17) is 0 Å². The highest BCUT2D eigenvalue weighted by atomic mass is 79.9. The summed E-state index contributed by atoms with van der Waals surface area (Å²) >= 11 is 3.65. The van der Waals surface area contributed by atoms with Gasteiger partial charge in [0.1, 0.15) is 11.6 Å². The second-order valence-electron chi connectivity index (χ2n) is 7.95. The fourth-order valence-corrected chi connectivity index (χ4v) is 4.06. The lowest BCUT2D eigenvalue weighted by molar-refractivity contribution is -0.112. The van der Waals surface area contributed by atoms with Gasteiger partial charge < -0.3 is 5.32 Å². The van der Waals surface area contributed by atoms with Crippen molar-refractivity contribution in [1.29, 1.82) is 5.26 Å². The van der Waals surface area contributed by atoms with Crippen LogP contribution in [-0.2, 0) is 11.2 Å². The van der Waals surface area contributed by atoms with Gasteiger partial charge in [-0.3, -0.25) is 4.79 Å². The first-order valence-corrected chi connectivity index (χ1v) is 10.9. The molecule has 0 radical (unpaired) electrons. The molecule has 31 heavy (non-hydrogen) atoms. The molecule has 0 aliphatic rings. The Morgan fingerprint density at radius 3 is 2.29 bits per heavy atom. The molecule has 0 bridgehead atoms. The normalized spacial score (nSPS) is 11.2. The number of amides is 1. The van der Waals surface area contributed by atoms with E-state index in [0.29, 0.717) is 5.69 Å². The first-order valence-electron chi connectivity index (χ1n) is 10.1. The van der Waals surface area contributed by atoms with E-state index in [2.05, 4.69) is 53.3 Å². The van der Waals surface area contributed by atoms with Gasteiger partial charge in [-0.1, -0.05) is 63.5 Å². The van der Waals surface area contributed by atoms with E-state index in [1.807, 2.05) is 56.3 Å². The van der Waals surface area contributed by atoms with Crippen molar-refractivity contribution in [3.8, 4) is 6.07 Å². The third-order valence-corrected chi connectivity index (χ3v) is 5.93. The number of nitrogens with zero attached hydrogens (tertiary/aromatic N) is 1. The predicted molar refractivity (Wildman–Crippen MR) is 131 cm³/mol. The van der Waals surface area contributed by atoms with Gasteiger partial charge in [0.25, 0.3) is 5.91 Å². The summed E-state index contributed by atoms with van der Waals surface area (Å²) in [5, 5.41) is 12.3. The molecule has 1 N–H and O–H groups in total. The Kier molecular flexibility index (Phi) is 7.09. The number of benzene rings is 3. The minimum atomic E-state index is -0.416. The molecule has 3 aromatic carbocycles. The van der Waals surface area contributed by atoms with Crippen molar-refractivity contribution in [3.05, 3.63) is 104 Å². The van der Waals surface area contributed by atoms with Crippen LogP contribution in [0.25, 0.3) is 6.08 Å². The zero-order chi connectivity index (χ0) is 22.5. The Bertz CT molecular complexity index is 1200. The number of carbonyl (C=O) groups is 1. The number of aryl methyl sites for hydroxylation is 4. The van der Waals surface area contributed by atoms with Crippen LogP contribution in [0.5, 0.6) is 0 Å². The van der Waals surface area contributed by atoms with Crippen molar-refractivity contribution in [3.63, 3.8) is 0 Å². The van der Waals surface area contributed by atoms with Crippen molar-refractivity contribution in [1.82, 2.24) is 0 Å². The summed E-state index contributed by atoms with van der Waals surface area (Å²) < 4.78 is 0.951. The molecule has 0 spiro atoms. The second kappa shape index (κ2) is 9.76. The molecule has 0 unspecified atom stereocenters. The van der Waals surface area contributed by atoms with Gasteiger partial charge in [0.2, 0.25) is 0 Å². The van der Waals surface area contributed by atoms with Crippen molar-refractivity contribution >= 4 is 33.6 Å². The maximum Gasteiger partial charge on any atom is 0.266 e. The van der Waals surface area contributed by atoms with E-state index in [1.165, 1.54) is 16.7 Å². The van der Waals surface area contributed by atoms with Gasteiger partial charge >= 0.3 is 0 Å². The number of nitrogens with one attached hydrogen (secondary N) is 1. The highest BCUT2D eigenvalue weighted by molar-refractivity contribution is 9.10. The Hall–Kier alpha value is -3.16. The largest absolute Gasteiger partial charge is 0.321 e. The van der Waals surface area contributed by atoms with Gasteiger partial charge in [0, 0.05) is 10.2 Å². The first-order chi connectivity index (χ1) is 14.7. The number of anilines is 1. The fourth-order valence-electron chi connectivity index (χ4n) is 3.52. The van der Waals surface area contributed by atoms with Crippen LogP contribution >= 0.6 is 15.9 Å². The molecule has 3 aromatic rings. The summed E-state index contributed by atoms with van der Waals surface area (Å²) in [6, 6.07) is 20.2. The SMILES string of the molecule is Cc1cc(C)cc(Cc2ccc(/C=C(\C#N)C(=O)Nc3ccc(C)c(C)c3)cc2Br)c1. The predicted octanol–water partition coefficient (Wildman–Crippen LogP) is 6.82. The number of halogens is 1. The number of hydrogen-bond acceptors (Lipinski definition) is 2. The summed E-state index contributed by atoms with van der Waals surface area (Å²) in [4.78, 5) is 12.6. The van der Waals surface area contributed by atoms with E-state index in [9.17, 15) is 10.1 Å². The van der Waals surface area contributed by atoms with E-state index in [1.54, 1.807) is 6.08 Å². The molecule has 4 heteroatoms. The van der Waals surface area contributed by atoms with Crippen LogP contribution in [0.4, 0.5) is 5.69 Å². The molecule has 0 aliphatic carbocycles. The van der Waals surface area contributed by atoms with Gasteiger partial charge in [0.15, 0.2) is 0 Å². The van der Waals surface area contributed by atoms with Crippen molar-refractivity contribution in [2.75, 3.05) is 5.32 Å². The van der Waals surface area contributed by atoms with Crippen LogP contribution in [0.2, 0.25) is 0 Å². The number of carbonyl (C=O) groups excluding carboxylic acids is 1. The van der Waals surface area contributed by atoms with Crippen LogP contribution in [-0.4, -0.2) is 5.91 Å². The quantitative estimate of drug-likeness (QED) is 0.327. The highest BCUT2D eigenvalue weighted by Crippen LogP contribution is 2.24. The standard InChI is InChI=1S/C27H25BrN2O/c1-17-9-18(2)11-22(10-17)14-23-7-6-21(15-26(23)28)13-24(16-29)27(31)30-25-8-5-19(3)20(4)12-25/h5-13,15H,14H2,1-4H3,(H,30,31)/b24-13+. The maximum atomic E-state index is 12.6.